The monoisotopic (exact) mass is 311 g/mol. The van der Waals surface area contributed by atoms with E-state index in [0.29, 0.717) is 0 Å². The molecule has 3 amide bonds. The van der Waals surface area contributed by atoms with Crippen molar-refractivity contribution in [1.29, 1.82) is 0 Å². The Labute approximate surface area is 135 Å². The highest BCUT2D eigenvalue weighted by Gasteiger charge is 2.41. The fraction of sp³-hybridized carbons (Fsp3) is 0.882. The molecule has 0 heterocycles. The maximum Gasteiger partial charge on any atom is 0.315 e. The van der Waals surface area contributed by atoms with Crippen molar-refractivity contribution in [3.63, 3.8) is 0 Å². The lowest BCUT2D eigenvalue weighted by molar-refractivity contribution is -0.127. The number of amides is 3. The molecule has 1 saturated carbocycles. The van der Waals surface area contributed by atoms with Gasteiger partial charge in [-0.2, -0.15) is 0 Å². The average Bonchev–Trinajstić information content (AvgIpc) is 2.34. The summed E-state index contributed by atoms with van der Waals surface area (Å²) in [4.78, 5) is 24.2. The van der Waals surface area contributed by atoms with Crippen molar-refractivity contribution in [2.75, 3.05) is 0 Å². The van der Waals surface area contributed by atoms with E-state index in [-0.39, 0.29) is 35.0 Å². The summed E-state index contributed by atoms with van der Waals surface area (Å²) in [5.74, 6) is 0.142. The van der Waals surface area contributed by atoms with Gasteiger partial charge in [0.05, 0.1) is 0 Å². The van der Waals surface area contributed by atoms with Crippen LogP contribution < -0.4 is 16.0 Å². The van der Waals surface area contributed by atoms with Crippen molar-refractivity contribution in [2.45, 2.75) is 90.8 Å². The van der Waals surface area contributed by atoms with Gasteiger partial charge in [0.25, 0.3) is 0 Å². The third kappa shape index (κ3) is 5.50. The molecule has 0 aromatic rings. The van der Waals surface area contributed by atoms with Crippen molar-refractivity contribution in [1.82, 2.24) is 16.0 Å². The lowest BCUT2D eigenvalue weighted by atomic mass is 9.72. The molecular weight excluding hydrogens is 278 g/mol. The van der Waals surface area contributed by atoms with Gasteiger partial charge < -0.3 is 16.0 Å². The number of rotatable bonds is 5. The first-order chi connectivity index (χ1) is 10.1. The van der Waals surface area contributed by atoms with E-state index in [1.165, 1.54) is 0 Å². The van der Waals surface area contributed by atoms with Crippen LogP contribution in [0.25, 0.3) is 0 Å². The maximum atomic E-state index is 12.2. The van der Waals surface area contributed by atoms with E-state index in [9.17, 15) is 9.59 Å². The van der Waals surface area contributed by atoms with Crippen LogP contribution in [0.2, 0.25) is 0 Å². The number of urea groups is 1. The summed E-state index contributed by atoms with van der Waals surface area (Å²) >= 11 is 0. The third-order valence-corrected chi connectivity index (χ3v) is 4.56. The molecule has 128 valence electrons. The Balaban J connectivity index is 2.69. The number of carbonyl (C=O) groups excluding carboxylic acids is 2. The zero-order valence-corrected chi connectivity index (χ0v) is 15.0. The summed E-state index contributed by atoms with van der Waals surface area (Å²) in [6.07, 6.45) is 4.49. The molecule has 0 radical (unpaired) electrons. The molecular formula is C17H33N3O2. The fourth-order valence-electron chi connectivity index (χ4n) is 3.30. The predicted octanol–water partition coefficient (Wildman–Crippen LogP) is 2.95. The summed E-state index contributed by atoms with van der Waals surface area (Å²) < 4.78 is 0. The van der Waals surface area contributed by atoms with Crippen molar-refractivity contribution in [3.8, 4) is 0 Å². The predicted molar refractivity (Wildman–Crippen MR) is 89.7 cm³/mol. The molecule has 3 N–H and O–H groups in total. The molecule has 0 saturated heterocycles. The molecule has 5 nitrogen and oxygen atoms in total. The van der Waals surface area contributed by atoms with Gasteiger partial charge in [-0.05, 0) is 59.8 Å². The van der Waals surface area contributed by atoms with E-state index >= 15 is 0 Å². The zero-order valence-electron chi connectivity index (χ0n) is 15.0. The average molecular weight is 311 g/mol. The highest BCUT2D eigenvalue weighted by atomic mass is 16.2. The molecule has 0 bridgehead atoms. The van der Waals surface area contributed by atoms with Crippen LogP contribution in [0, 0.1) is 5.92 Å². The van der Waals surface area contributed by atoms with Gasteiger partial charge >= 0.3 is 6.03 Å². The van der Waals surface area contributed by atoms with E-state index in [2.05, 4.69) is 29.8 Å². The standard InChI is InChI=1S/C17H33N3O2/c1-7-13(4)14(21)19-16(5)9-8-10-17(6,11-16)20-15(22)18-12(2)3/h12-13H,7-11H2,1-6H3,(H,19,21)(H2,18,20,22). The molecule has 0 spiro atoms. The highest BCUT2D eigenvalue weighted by molar-refractivity contribution is 5.79. The van der Waals surface area contributed by atoms with Crippen molar-refractivity contribution in [3.05, 3.63) is 0 Å². The van der Waals surface area contributed by atoms with E-state index in [0.717, 1.165) is 32.1 Å². The van der Waals surface area contributed by atoms with Gasteiger partial charge in [0.2, 0.25) is 5.91 Å². The van der Waals surface area contributed by atoms with Crippen LogP contribution in [0.1, 0.15) is 73.6 Å². The molecule has 1 aliphatic carbocycles. The lowest BCUT2D eigenvalue weighted by Gasteiger charge is -2.45. The lowest BCUT2D eigenvalue weighted by Crippen LogP contribution is -2.61. The van der Waals surface area contributed by atoms with Gasteiger partial charge in [-0.15, -0.1) is 0 Å². The van der Waals surface area contributed by atoms with Crippen molar-refractivity contribution in [2.24, 2.45) is 5.92 Å². The summed E-state index contributed by atoms with van der Waals surface area (Å²) in [5, 5.41) is 9.17. The Morgan fingerprint density at radius 3 is 2.09 bits per heavy atom. The SMILES string of the molecule is CCC(C)C(=O)NC1(C)CCCC(C)(NC(=O)NC(C)C)C1. The first-order valence-electron chi connectivity index (χ1n) is 8.50. The van der Waals surface area contributed by atoms with Crippen LogP contribution in [0.5, 0.6) is 0 Å². The smallest absolute Gasteiger partial charge is 0.315 e. The molecule has 22 heavy (non-hydrogen) atoms. The molecule has 3 atom stereocenters. The topological polar surface area (TPSA) is 70.2 Å². The van der Waals surface area contributed by atoms with Crippen LogP contribution in [0.15, 0.2) is 0 Å². The van der Waals surface area contributed by atoms with Gasteiger partial charge in [-0.3, -0.25) is 4.79 Å². The number of hydrogen-bond donors (Lipinski definition) is 3. The minimum atomic E-state index is -0.283. The molecule has 1 rings (SSSR count). The normalized spacial score (nSPS) is 29.8. The van der Waals surface area contributed by atoms with Crippen LogP contribution in [0.3, 0.4) is 0 Å². The summed E-state index contributed by atoms with van der Waals surface area (Å²) in [6, 6.07) is -0.0151. The second kappa shape index (κ2) is 7.34. The maximum absolute atomic E-state index is 12.2. The molecule has 1 aliphatic rings. The minimum absolute atomic E-state index is 0.0298. The number of carbonyl (C=O) groups is 2. The largest absolute Gasteiger partial charge is 0.351 e. The Bertz CT molecular complexity index is 411. The van der Waals surface area contributed by atoms with Gasteiger partial charge in [0.1, 0.15) is 0 Å². The molecule has 3 unspecified atom stereocenters. The first kappa shape index (κ1) is 18.8. The molecule has 0 aromatic heterocycles. The van der Waals surface area contributed by atoms with E-state index in [1.54, 1.807) is 0 Å². The number of hydrogen-bond acceptors (Lipinski definition) is 2. The Morgan fingerprint density at radius 2 is 1.59 bits per heavy atom. The van der Waals surface area contributed by atoms with Crippen LogP contribution >= 0.6 is 0 Å². The second-order valence-electron chi connectivity index (χ2n) is 7.70. The Morgan fingerprint density at radius 1 is 1.05 bits per heavy atom. The Kier molecular flexibility index (Phi) is 6.27. The molecule has 1 fully saturated rings. The zero-order chi connectivity index (χ0) is 17.0. The van der Waals surface area contributed by atoms with Gasteiger partial charge in [0.15, 0.2) is 0 Å². The summed E-state index contributed by atoms with van der Waals surface area (Å²) in [6.45, 7) is 12.0. The van der Waals surface area contributed by atoms with E-state index < -0.39 is 0 Å². The minimum Gasteiger partial charge on any atom is -0.351 e. The first-order valence-corrected chi connectivity index (χ1v) is 8.50. The Hall–Kier alpha value is -1.26. The molecule has 0 aromatic carbocycles. The van der Waals surface area contributed by atoms with E-state index in [4.69, 9.17) is 0 Å². The van der Waals surface area contributed by atoms with E-state index in [1.807, 2.05) is 27.7 Å². The summed E-state index contributed by atoms with van der Waals surface area (Å²) in [7, 11) is 0. The summed E-state index contributed by atoms with van der Waals surface area (Å²) in [5.41, 5.74) is -0.534. The van der Waals surface area contributed by atoms with Crippen LogP contribution in [0.4, 0.5) is 4.79 Å². The number of nitrogens with one attached hydrogen (secondary N) is 3. The fourth-order valence-corrected chi connectivity index (χ4v) is 3.30. The van der Waals surface area contributed by atoms with Crippen molar-refractivity contribution < 1.29 is 9.59 Å². The van der Waals surface area contributed by atoms with Gasteiger partial charge in [-0.1, -0.05) is 13.8 Å². The second-order valence-corrected chi connectivity index (χ2v) is 7.70. The van der Waals surface area contributed by atoms with Crippen molar-refractivity contribution >= 4 is 11.9 Å². The molecule has 0 aliphatic heterocycles. The van der Waals surface area contributed by atoms with Gasteiger partial charge in [0, 0.05) is 23.0 Å². The van der Waals surface area contributed by atoms with Crippen LogP contribution in [-0.2, 0) is 4.79 Å². The molecule has 5 heteroatoms. The highest BCUT2D eigenvalue weighted by Crippen LogP contribution is 2.35. The quantitative estimate of drug-likeness (QED) is 0.730. The third-order valence-electron chi connectivity index (χ3n) is 4.56. The van der Waals surface area contributed by atoms with Gasteiger partial charge in [-0.25, -0.2) is 4.79 Å². The van der Waals surface area contributed by atoms with Crippen LogP contribution in [-0.4, -0.2) is 29.1 Å².